The number of hydrogen-bond acceptors (Lipinski definition) is 7. The Kier molecular flexibility index (Phi) is 6.04. The SMILES string of the molecule is COc1cc(C2CN(C=O)CCO2)c(F)cc1Nc1ncc(C(F)(F)F)c(N2CCC2)n1. The van der Waals surface area contributed by atoms with Gasteiger partial charge < -0.3 is 24.6 Å². The van der Waals surface area contributed by atoms with Crippen LogP contribution in [0.25, 0.3) is 0 Å². The number of carbonyl (C=O) groups is 1. The van der Waals surface area contributed by atoms with Crippen LogP contribution in [0, 0.1) is 5.82 Å². The molecule has 32 heavy (non-hydrogen) atoms. The average Bonchev–Trinajstić information content (AvgIpc) is 2.72. The van der Waals surface area contributed by atoms with Gasteiger partial charge in [0.25, 0.3) is 0 Å². The summed E-state index contributed by atoms with van der Waals surface area (Å²) in [5, 5.41) is 2.75. The monoisotopic (exact) mass is 455 g/mol. The van der Waals surface area contributed by atoms with E-state index in [0.29, 0.717) is 32.2 Å². The largest absolute Gasteiger partial charge is 0.495 e. The molecule has 0 bridgehead atoms. The number of carbonyl (C=O) groups excluding carboxylic acids is 1. The second-order valence-corrected chi connectivity index (χ2v) is 7.43. The normalized spacial score (nSPS) is 18.8. The molecule has 0 radical (unpaired) electrons. The van der Waals surface area contributed by atoms with Crippen LogP contribution in [0.3, 0.4) is 0 Å². The molecule has 1 atom stereocenters. The topological polar surface area (TPSA) is 79.8 Å². The number of anilines is 3. The Balaban J connectivity index is 1.63. The van der Waals surface area contributed by atoms with E-state index in [-0.39, 0.29) is 41.9 Å². The number of morpholine rings is 1. The van der Waals surface area contributed by atoms with Crippen LogP contribution in [-0.2, 0) is 15.7 Å². The number of benzene rings is 1. The van der Waals surface area contributed by atoms with Gasteiger partial charge in [-0.3, -0.25) is 4.79 Å². The molecule has 2 aliphatic rings. The second kappa shape index (κ2) is 8.77. The first-order valence-corrected chi connectivity index (χ1v) is 9.94. The number of nitrogens with one attached hydrogen (secondary N) is 1. The quantitative estimate of drug-likeness (QED) is 0.530. The molecule has 0 saturated carbocycles. The average molecular weight is 455 g/mol. The van der Waals surface area contributed by atoms with Crippen LogP contribution in [-0.4, -0.2) is 61.2 Å². The Labute approximate surface area is 181 Å². The van der Waals surface area contributed by atoms with Crippen molar-refractivity contribution in [2.45, 2.75) is 18.7 Å². The van der Waals surface area contributed by atoms with Gasteiger partial charge in [-0.05, 0) is 12.5 Å². The van der Waals surface area contributed by atoms with Crippen LogP contribution in [0.2, 0.25) is 0 Å². The van der Waals surface area contributed by atoms with Gasteiger partial charge in [-0.2, -0.15) is 18.2 Å². The fourth-order valence-corrected chi connectivity index (χ4v) is 3.56. The van der Waals surface area contributed by atoms with Crippen molar-refractivity contribution in [3.8, 4) is 5.75 Å². The summed E-state index contributed by atoms with van der Waals surface area (Å²) in [5.74, 6) is -0.739. The van der Waals surface area contributed by atoms with Crippen LogP contribution < -0.4 is 15.0 Å². The van der Waals surface area contributed by atoms with Gasteiger partial charge in [-0.25, -0.2) is 9.37 Å². The Morgan fingerprint density at radius 1 is 1.28 bits per heavy atom. The van der Waals surface area contributed by atoms with Gasteiger partial charge in [-0.1, -0.05) is 0 Å². The minimum Gasteiger partial charge on any atom is -0.495 e. The fraction of sp³-hybridized carbons (Fsp3) is 0.450. The fourth-order valence-electron chi connectivity index (χ4n) is 3.56. The number of rotatable bonds is 6. The highest BCUT2D eigenvalue weighted by Crippen LogP contribution is 2.38. The molecule has 8 nitrogen and oxygen atoms in total. The molecule has 4 rings (SSSR count). The summed E-state index contributed by atoms with van der Waals surface area (Å²) < 4.78 is 65.8. The zero-order valence-electron chi connectivity index (χ0n) is 17.2. The summed E-state index contributed by atoms with van der Waals surface area (Å²) in [6.07, 6.45) is -3.10. The first kappa shape index (κ1) is 22.1. The highest BCUT2D eigenvalue weighted by molar-refractivity contribution is 5.65. The third kappa shape index (κ3) is 4.40. The van der Waals surface area contributed by atoms with Gasteiger partial charge in [0, 0.05) is 37.5 Å². The number of amides is 1. The Morgan fingerprint density at radius 2 is 2.06 bits per heavy atom. The van der Waals surface area contributed by atoms with Crippen molar-refractivity contribution < 1.29 is 31.8 Å². The first-order valence-electron chi connectivity index (χ1n) is 9.94. The number of halogens is 4. The highest BCUT2D eigenvalue weighted by atomic mass is 19.4. The molecule has 172 valence electrons. The smallest absolute Gasteiger partial charge is 0.421 e. The Hall–Kier alpha value is -3.15. The standard InChI is InChI=1S/C20H21F4N5O3/c1-31-16-7-12(17-10-28(11-30)5-6-32-17)14(21)8-15(16)26-19-25-9-13(20(22,23)24)18(27-19)29-3-2-4-29/h7-9,11,17H,2-6,10H2,1H3,(H,25,26,27). The van der Waals surface area contributed by atoms with Gasteiger partial charge in [0.15, 0.2) is 0 Å². The molecule has 0 aliphatic carbocycles. The van der Waals surface area contributed by atoms with E-state index < -0.39 is 23.7 Å². The lowest BCUT2D eigenvalue weighted by molar-refractivity contribution is -0.137. The maximum atomic E-state index is 14.9. The zero-order valence-corrected chi connectivity index (χ0v) is 17.2. The molecule has 2 saturated heterocycles. The Bertz CT molecular complexity index is 1000. The summed E-state index contributed by atoms with van der Waals surface area (Å²) in [6.45, 7) is 1.81. The molecule has 3 heterocycles. The maximum absolute atomic E-state index is 14.9. The molecule has 12 heteroatoms. The van der Waals surface area contributed by atoms with Gasteiger partial charge in [-0.15, -0.1) is 0 Å². The van der Waals surface area contributed by atoms with Crippen molar-refractivity contribution in [2.75, 3.05) is 50.1 Å². The molecule has 2 aromatic rings. The Morgan fingerprint density at radius 3 is 2.69 bits per heavy atom. The van der Waals surface area contributed by atoms with E-state index in [1.165, 1.54) is 23.0 Å². The predicted molar refractivity (Wildman–Crippen MR) is 106 cm³/mol. The molecular weight excluding hydrogens is 434 g/mol. The summed E-state index contributed by atoms with van der Waals surface area (Å²) >= 11 is 0. The summed E-state index contributed by atoms with van der Waals surface area (Å²) in [6, 6.07) is 2.57. The second-order valence-electron chi connectivity index (χ2n) is 7.43. The maximum Gasteiger partial charge on any atom is 0.421 e. The van der Waals surface area contributed by atoms with Crippen molar-refractivity contribution in [3.05, 3.63) is 35.3 Å². The third-order valence-electron chi connectivity index (χ3n) is 5.39. The van der Waals surface area contributed by atoms with Crippen molar-refractivity contribution >= 4 is 23.9 Å². The van der Waals surface area contributed by atoms with Crippen LogP contribution in [0.4, 0.5) is 35.0 Å². The van der Waals surface area contributed by atoms with E-state index >= 15 is 0 Å². The lowest BCUT2D eigenvalue weighted by Crippen LogP contribution is -2.39. The minimum absolute atomic E-state index is 0.119. The van der Waals surface area contributed by atoms with Crippen LogP contribution in [0.5, 0.6) is 5.75 Å². The zero-order chi connectivity index (χ0) is 22.9. The first-order chi connectivity index (χ1) is 15.3. The van der Waals surface area contributed by atoms with E-state index in [2.05, 4.69) is 15.3 Å². The van der Waals surface area contributed by atoms with Crippen LogP contribution in [0.1, 0.15) is 23.7 Å². The van der Waals surface area contributed by atoms with Gasteiger partial charge in [0.2, 0.25) is 12.4 Å². The summed E-state index contributed by atoms with van der Waals surface area (Å²) in [5.41, 5.74) is -0.579. The van der Waals surface area contributed by atoms with Crippen molar-refractivity contribution in [3.63, 3.8) is 0 Å². The summed E-state index contributed by atoms with van der Waals surface area (Å²) in [7, 11) is 1.38. The molecule has 1 N–H and O–H groups in total. The number of alkyl halides is 3. The van der Waals surface area contributed by atoms with Crippen molar-refractivity contribution in [2.24, 2.45) is 0 Å². The molecule has 1 amide bonds. The lowest BCUT2D eigenvalue weighted by atomic mass is 10.1. The number of aromatic nitrogens is 2. The minimum atomic E-state index is -4.59. The van der Waals surface area contributed by atoms with Crippen molar-refractivity contribution in [1.29, 1.82) is 0 Å². The molecule has 1 aromatic carbocycles. The lowest BCUT2D eigenvalue weighted by Gasteiger charge is -2.33. The van der Waals surface area contributed by atoms with Gasteiger partial charge >= 0.3 is 6.18 Å². The van der Waals surface area contributed by atoms with Crippen LogP contribution in [0.15, 0.2) is 18.3 Å². The summed E-state index contributed by atoms with van der Waals surface area (Å²) in [4.78, 5) is 21.8. The number of hydrogen-bond donors (Lipinski definition) is 1. The van der Waals surface area contributed by atoms with Gasteiger partial charge in [0.05, 0.1) is 25.9 Å². The number of methoxy groups -OCH3 is 1. The van der Waals surface area contributed by atoms with E-state index in [9.17, 15) is 22.4 Å². The predicted octanol–water partition coefficient (Wildman–Crippen LogP) is 3.13. The molecule has 1 unspecified atom stereocenters. The molecule has 0 spiro atoms. The van der Waals surface area contributed by atoms with Gasteiger partial charge in [0.1, 0.15) is 29.1 Å². The number of ether oxygens (including phenoxy) is 2. The van der Waals surface area contributed by atoms with E-state index in [4.69, 9.17) is 9.47 Å². The van der Waals surface area contributed by atoms with E-state index in [1.807, 2.05) is 0 Å². The molecule has 1 aromatic heterocycles. The molecule has 2 fully saturated rings. The highest BCUT2D eigenvalue weighted by Gasteiger charge is 2.38. The van der Waals surface area contributed by atoms with Crippen molar-refractivity contribution in [1.82, 2.24) is 14.9 Å². The van der Waals surface area contributed by atoms with E-state index in [1.54, 1.807) is 0 Å². The third-order valence-corrected chi connectivity index (χ3v) is 5.39. The van der Waals surface area contributed by atoms with Crippen LogP contribution >= 0.6 is 0 Å². The molecule has 2 aliphatic heterocycles. The van der Waals surface area contributed by atoms with E-state index in [0.717, 1.165) is 12.5 Å². The molecular formula is C20H21F4N5O3. The number of nitrogens with zero attached hydrogens (tertiary/aromatic N) is 4.